The molecule has 0 radical (unpaired) electrons. The van der Waals surface area contributed by atoms with Gasteiger partial charge in [0.15, 0.2) is 0 Å². The monoisotopic (exact) mass is 1560 g/mol. The first-order valence-corrected chi connectivity index (χ1v) is 37.1. The van der Waals surface area contributed by atoms with Gasteiger partial charge < -0.3 is 53.9 Å². The first-order valence-electron chi connectivity index (χ1n) is 35.8. The average molecular weight is 1560 g/mol. The third-order valence-electron chi connectivity index (χ3n) is 16.5. The molecule has 12 rings (SSSR count). The molecule has 109 heavy (non-hydrogen) atoms. The molecule has 12 aromatic rings. The molecular weight excluding hydrogens is 1470 g/mol. The number of aromatic hydroxyl groups is 3. The molecule has 0 saturated heterocycles. The van der Waals surface area contributed by atoms with E-state index in [2.05, 4.69) is 93.7 Å². The van der Waals surface area contributed by atoms with Crippen LogP contribution in [0.15, 0.2) is 247 Å². The molecular formula is C89H88BrClN6Na2O10. The van der Waals surface area contributed by atoms with Crippen molar-refractivity contribution in [3.8, 4) is 115 Å². The summed E-state index contributed by atoms with van der Waals surface area (Å²) in [6.07, 6.45) is 8.16. The Morgan fingerprint density at radius 2 is 0.899 bits per heavy atom. The van der Waals surface area contributed by atoms with Crippen LogP contribution in [-0.2, 0) is 38.7 Å². The summed E-state index contributed by atoms with van der Waals surface area (Å²) in [5, 5.41) is 73.8. The molecule has 0 aliphatic carbocycles. The molecule has 1 aromatic heterocycles. The van der Waals surface area contributed by atoms with Crippen LogP contribution >= 0.6 is 27.5 Å². The summed E-state index contributed by atoms with van der Waals surface area (Å²) < 4.78 is 37.4. The van der Waals surface area contributed by atoms with E-state index in [0.717, 1.165) is 124 Å². The topological polar surface area (TPSA) is 239 Å². The molecule has 0 aliphatic rings. The second-order valence-electron chi connectivity index (χ2n) is 24.2. The molecule has 0 saturated carbocycles. The number of aryl methyl sites for hydroxylation is 2. The van der Waals surface area contributed by atoms with E-state index in [1.54, 1.807) is 66.7 Å². The number of para-hydroxylation sites is 2. The van der Waals surface area contributed by atoms with Gasteiger partial charge in [-0.05, 0) is 173 Å². The van der Waals surface area contributed by atoms with Gasteiger partial charge in [0.05, 0.1) is 30.9 Å². The van der Waals surface area contributed by atoms with Crippen LogP contribution in [0.3, 0.4) is 0 Å². The van der Waals surface area contributed by atoms with E-state index in [1.165, 1.54) is 5.56 Å². The van der Waals surface area contributed by atoms with Gasteiger partial charge in [0, 0.05) is 56.5 Å². The molecule has 0 atom stereocenters. The number of hydrogen-bond donors (Lipinski definition) is 3. The number of aromatic nitrogens is 4. The molecule has 0 amide bonds. The van der Waals surface area contributed by atoms with Crippen LogP contribution in [0, 0.1) is 22.7 Å². The number of phenolic OH excluding ortho intramolecular Hbond substituents is 3. The van der Waals surface area contributed by atoms with Crippen molar-refractivity contribution in [1.82, 2.24) is 20.6 Å². The largest absolute Gasteiger partial charge is 1.00 e. The Balaban J connectivity index is 0.000000234. The van der Waals surface area contributed by atoms with Crippen molar-refractivity contribution in [2.24, 2.45) is 0 Å². The third-order valence-corrected chi connectivity index (χ3v) is 17.5. The van der Waals surface area contributed by atoms with E-state index < -0.39 is 0 Å². The molecule has 550 valence electrons. The molecule has 20 heteroatoms. The maximum absolute atomic E-state index is 12.8. The van der Waals surface area contributed by atoms with Crippen molar-refractivity contribution < 1.29 is 108 Å². The summed E-state index contributed by atoms with van der Waals surface area (Å²) in [5.74, 6) is 7.15. The minimum atomic E-state index is -0.0419. The van der Waals surface area contributed by atoms with E-state index in [0.29, 0.717) is 95.4 Å². The van der Waals surface area contributed by atoms with Gasteiger partial charge in [0.1, 0.15) is 82.0 Å². The summed E-state index contributed by atoms with van der Waals surface area (Å²) in [4.78, 5) is 0. The van der Waals surface area contributed by atoms with Crippen molar-refractivity contribution in [3.63, 3.8) is 0 Å². The van der Waals surface area contributed by atoms with Crippen LogP contribution in [0.2, 0.25) is 0 Å². The fourth-order valence-electron chi connectivity index (χ4n) is 11.2. The Bertz CT molecular complexity index is 4760. The van der Waals surface area contributed by atoms with Gasteiger partial charge in [-0.25, -0.2) is 0 Å². The number of nitriles is 2. The molecule has 0 bridgehead atoms. The number of rotatable bonds is 28. The van der Waals surface area contributed by atoms with Crippen LogP contribution in [0.5, 0.6) is 69.0 Å². The Labute approximate surface area is 698 Å². The minimum absolute atomic E-state index is 0. The second kappa shape index (κ2) is 48.6. The van der Waals surface area contributed by atoms with E-state index in [-0.39, 0.29) is 82.1 Å². The summed E-state index contributed by atoms with van der Waals surface area (Å²) in [5.41, 5.74) is 11.5. The van der Waals surface area contributed by atoms with Gasteiger partial charge in [-0.1, -0.05) is 211 Å². The predicted octanol–water partition coefficient (Wildman–Crippen LogP) is 15.3. The smallest absolute Gasteiger partial charge is 0.872 e. The number of halogens is 2. The zero-order valence-electron chi connectivity index (χ0n) is 62.8. The molecule has 16 nitrogen and oxygen atoms in total. The van der Waals surface area contributed by atoms with Crippen molar-refractivity contribution >= 4 is 27.5 Å². The molecule has 0 unspecified atom stereocenters. The van der Waals surface area contributed by atoms with Crippen molar-refractivity contribution in [2.75, 3.05) is 25.7 Å². The van der Waals surface area contributed by atoms with Crippen molar-refractivity contribution in [1.29, 1.82) is 10.5 Å². The van der Waals surface area contributed by atoms with E-state index in [9.17, 15) is 20.4 Å². The number of alkyl halides is 1. The van der Waals surface area contributed by atoms with Gasteiger partial charge in [0.25, 0.3) is 0 Å². The average Bonchev–Trinajstić information content (AvgIpc) is 1.27. The fourth-order valence-corrected chi connectivity index (χ4v) is 11.6. The number of ether oxygens (including phenoxy) is 6. The molecule has 0 fully saturated rings. The molecule has 11 aromatic carbocycles. The Morgan fingerprint density at radius 1 is 0.440 bits per heavy atom. The zero-order valence-corrected chi connectivity index (χ0v) is 69.2. The second-order valence-corrected chi connectivity index (χ2v) is 25.4. The summed E-state index contributed by atoms with van der Waals surface area (Å²) >= 11 is 9.02. The number of hydrogen-bond acceptors (Lipinski definition) is 15. The van der Waals surface area contributed by atoms with Crippen LogP contribution in [-0.4, -0.2) is 56.5 Å². The molecule has 0 spiro atoms. The van der Waals surface area contributed by atoms with Crippen LogP contribution in [0.25, 0.3) is 33.6 Å². The Hall–Kier alpha value is -9.76. The maximum atomic E-state index is 12.8. The van der Waals surface area contributed by atoms with E-state index >= 15 is 0 Å². The zero-order chi connectivity index (χ0) is 76.0. The normalized spacial score (nSPS) is 10.1. The van der Waals surface area contributed by atoms with Crippen molar-refractivity contribution in [2.45, 2.75) is 105 Å². The standard InChI is InChI=1S/C33H33N4O4.C24H25ClO2.C16H15NO2.C9H12O2.C7H4BrN.2Na/c1-3-12-25-29(17-10-18-30(25)41-31-16-9-8-15-26(31)33-34-36-37-35-33)39-19-11-20-40-32-22-28(38)27(21-23(32)4-2)24-13-6-5-7-14-24;1-2-20-16-22(21-12-7-4-8-13-21)24(17-23(20)26-15-9-14-25)27-18-19-10-5-3-6-11-19;1-2-6-13-14(18)8-5-10-16(13)19-15-9-4-3-7-12(15)11-17;1-2-4-7-8(10)5-3-6-9(7)11;8-7-4-2-1-3-6(7)5-9;;/h5-10,13-18,21-22H,3-4,11-12,19-20H2,1-2H3,(H-,34,35,36,37,38);3-8,10-13,16-17H,2,9,14-15,18H2,1H3;3-5,7-10,18H,2,6H2,1H3;3,5-6,10-11H,2,4H2,1H3;1-4H;;/q-1;;;;;2*+1/p-1. The number of benzene rings is 11. The Kier molecular flexibility index (Phi) is 39.3. The molecule has 3 N–H and O–H groups in total. The van der Waals surface area contributed by atoms with Crippen LogP contribution in [0.4, 0.5) is 0 Å². The minimum Gasteiger partial charge on any atom is -0.872 e. The van der Waals surface area contributed by atoms with Crippen LogP contribution < -0.4 is 97.7 Å². The summed E-state index contributed by atoms with van der Waals surface area (Å²) in [6.45, 7) is 12.4. The van der Waals surface area contributed by atoms with Crippen molar-refractivity contribution in [3.05, 3.63) is 292 Å². The van der Waals surface area contributed by atoms with Gasteiger partial charge in [0.2, 0.25) is 0 Å². The number of tetrazole rings is 1. The molecule has 1 heterocycles. The number of nitrogens with zero attached hydrogens (tertiary/aromatic N) is 6. The van der Waals surface area contributed by atoms with Gasteiger partial charge in [-0.2, -0.15) is 15.7 Å². The quantitative estimate of drug-likeness (QED) is 0.0235. The van der Waals surface area contributed by atoms with E-state index in [1.807, 2.05) is 166 Å². The van der Waals surface area contributed by atoms with Gasteiger partial charge in [-0.3, -0.25) is 10.3 Å². The summed E-state index contributed by atoms with van der Waals surface area (Å²) in [6, 6.07) is 79.9. The van der Waals surface area contributed by atoms with Gasteiger partial charge >= 0.3 is 59.1 Å². The first kappa shape index (κ1) is 88.1. The maximum Gasteiger partial charge on any atom is 1.00 e. The third kappa shape index (κ3) is 27.1. The number of phenols is 3. The fraction of sp³-hybridized carbons (Fsp3) is 0.225. The van der Waals surface area contributed by atoms with E-state index in [4.69, 9.17) is 50.5 Å². The first-order chi connectivity index (χ1) is 52.3. The summed E-state index contributed by atoms with van der Waals surface area (Å²) in [7, 11) is 0. The predicted molar refractivity (Wildman–Crippen MR) is 424 cm³/mol. The SMILES string of the molecule is CCCc1c(O)cccc1O.CCCc1c(O)cccc1Oc1ccccc1C#N.CCCc1c(OCCCOc2cc([O-])c(-c3ccccc3)cc2CC)cccc1Oc1ccccc1-c1nnn[n-]1.CCc1cc(-c2ccccc2)c(OCc2ccccc2)cc1OCCCCl.N#Cc1ccccc1Br.[Na+].[Na+]. The van der Waals surface area contributed by atoms with Gasteiger partial charge in [-0.15, -0.1) is 11.6 Å². The molecule has 0 aliphatic heterocycles. The Morgan fingerprint density at radius 3 is 1.48 bits per heavy atom. The van der Waals surface area contributed by atoms with Crippen LogP contribution in [0.1, 0.15) is 111 Å².